The highest BCUT2D eigenvalue weighted by molar-refractivity contribution is 6.98. The first kappa shape index (κ1) is 47.4. The van der Waals surface area contributed by atoms with E-state index in [1.54, 1.807) is 10.9 Å². The zero-order valence-corrected chi connectivity index (χ0v) is 42.5. The summed E-state index contributed by atoms with van der Waals surface area (Å²) in [5.74, 6) is 0. The normalized spacial score (nSPS) is 13.5. The molecule has 1 spiro atoms. The Balaban J connectivity index is 0.000000474. The highest BCUT2D eigenvalue weighted by Gasteiger charge is 2.53. The quantitative estimate of drug-likeness (QED) is 0.133. The summed E-state index contributed by atoms with van der Waals surface area (Å²) in [6.07, 6.45) is 4.02. The van der Waals surface area contributed by atoms with Crippen molar-refractivity contribution in [3.05, 3.63) is 224 Å². The third-order valence-corrected chi connectivity index (χ3v) is 14.6. The molecule has 336 valence electrons. The second kappa shape index (κ2) is 20.0. The van der Waals surface area contributed by atoms with E-state index in [-0.39, 0.29) is 18.8 Å². The molecule has 0 unspecified atom stereocenters. The van der Waals surface area contributed by atoms with E-state index in [0.29, 0.717) is 0 Å². The van der Waals surface area contributed by atoms with Gasteiger partial charge in [0.25, 0.3) is 0 Å². The Bertz CT molecular complexity index is 2870. The van der Waals surface area contributed by atoms with Crippen LogP contribution >= 0.6 is 0 Å². The molecule has 0 saturated heterocycles. The fourth-order valence-corrected chi connectivity index (χ4v) is 12.6. The van der Waals surface area contributed by atoms with Gasteiger partial charge in [-0.25, -0.2) is 0 Å². The minimum Gasteiger partial charge on any atom is -0.0683 e. The fourth-order valence-electron chi connectivity index (χ4n) is 12.6. The Hall–Kier alpha value is -6.11. The first-order valence-electron chi connectivity index (χ1n) is 26.2. The van der Waals surface area contributed by atoms with E-state index in [9.17, 15) is 0 Å². The lowest BCUT2D eigenvalue weighted by atomic mass is 9.30. The monoisotopic (exact) mass is 873 g/mol. The maximum absolute atomic E-state index is 2.67. The molecule has 0 fully saturated rings. The first-order valence-corrected chi connectivity index (χ1v) is 26.2. The zero-order chi connectivity index (χ0) is 47.6. The van der Waals surface area contributed by atoms with Crippen LogP contribution in [0.3, 0.4) is 0 Å². The highest BCUT2D eigenvalue weighted by atomic mass is 14.5. The van der Waals surface area contributed by atoms with E-state index in [0.717, 1.165) is 25.7 Å². The number of rotatable bonds is 0. The summed E-state index contributed by atoms with van der Waals surface area (Å²) in [4.78, 5) is 0. The van der Waals surface area contributed by atoms with Gasteiger partial charge in [-0.3, -0.25) is 0 Å². The average Bonchev–Trinajstić information content (AvgIpc) is 3.86. The van der Waals surface area contributed by atoms with E-state index in [2.05, 4.69) is 158 Å². The van der Waals surface area contributed by atoms with Gasteiger partial charge in [-0.05, 0) is 115 Å². The molecule has 0 N–H and O–H groups in total. The van der Waals surface area contributed by atoms with E-state index in [4.69, 9.17) is 0 Å². The molecule has 2 heteroatoms. The van der Waals surface area contributed by atoms with Gasteiger partial charge in [0.1, 0.15) is 0 Å². The molecule has 0 saturated carbocycles. The van der Waals surface area contributed by atoms with E-state index >= 15 is 0 Å². The molecule has 4 aliphatic heterocycles. The lowest BCUT2D eigenvalue weighted by Crippen LogP contribution is -2.61. The van der Waals surface area contributed by atoms with Gasteiger partial charge in [-0.2, -0.15) is 0 Å². The Morgan fingerprint density at radius 1 is 0.269 bits per heavy atom. The summed E-state index contributed by atoms with van der Waals surface area (Å²) in [5.41, 5.74) is 32.0. The number of fused-ring (bicyclic) bond motifs is 18. The van der Waals surface area contributed by atoms with Gasteiger partial charge in [0.05, 0.1) is 5.41 Å². The Morgan fingerprint density at radius 2 is 0.582 bits per heavy atom. The molecule has 0 aromatic heterocycles. The SMILES string of the molecule is CC.CC.CC.CC.CC.CC.c1ccc2c(c1)Cc1cccc3c1B2c1cc2c(cc1C3)C1(c3ccccc3-2)c2ccccc2-c2cc3c(cc21)Cc1cccc2c1B3c1ccccc1C2. The van der Waals surface area contributed by atoms with Gasteiger partial charge in [0.2, 0.25) is 13.4 Å². The Morgan fingerprint density at radius 3 is 0.970 bits per heavy atom. The minimum absolute atomic E-state index is 0.271. The molecule has 0 radical (unpaired) electrons. The smallest absolute Gasteiger partial charge is 0.0683 e. The minimum atomic E-state index is -0.374. The van der Waals surface area contributed by atoms with Gasteiger partial charge in [0.15, 0.2) is 0 Å². The summed E-state index contributed by atoms with van der Waals surface area (Å²) in [7, 11) is 0. The molecule has 0 amide bonds. The summed E-state index contributed by atoms with van der Waals surface area (Å²) >= 11 is 0. The predicted octanol–water partition coefficient (Wildman–Crippen LogP) is 12.8. The Labute approximate surface area is 405 Å². The molecule has 14 rings (SSSR count). The van der Waals surface area contributed by atoms with Crippen molar-refractivity contribution in [3.8, 4) is 22.3 Å². The zero-order valence-electron chi connectivity index (χ0n) is 42.5. The molecule has 67 heavy (non-hydrogen) atoms. The van der Waals surface area contributed by atoms with Crippen LogP contribution in [0.15, 0.2) is 158 Å². The maximum Gasteiger partial charge on any atom is 0.242 e. The van der Waals surface area contributed by atoms with Crippen LogP contribution in [0.4, 0.5) is 0 Å². The van der Waals surface area contributed by atoms with Crippen molar-refractivity contribution >= 4 is 46.2 Å². The van der Waals surface area contributed by atoms with Crippen LogP contribution in [0.2, 0.25) is 0 Å². The standard InChI is InChI=1S/C53H34B2.6C2H6/c1-7-21-47-31(11-1)23-33-13-9-15-35-25-37-27-45-41(29-49(37)54(47)51(33)35)39-17-3-5-19-43(39)53(45)44-20-6-4-18-40(44)42-30-50-38(28-46(42)53)26-36-16-10-14-34-24-32-12-2-8-22-48(32)55(50)52(34)36;6*1-2/h1-22,27-30H,23-26H2;6*1-2H3. The van der Waals surface area contributed by atoms with E-state index < -0.39 is 0 Å². The van der Waals surface area contributed by atoms with Crippen LogP contribution < -0.4 is 32.8 Å². The van der Waals surface area contributed by atoms with Crippen molar-refractivity contribution in [2.45, 2.75) is 114 Å². The van der Waals surface area contributed by atoms with Crippen molar-refractivity contribution < 1.29 is 0 Å². The summed E-state index contributed by atoms with van der Waals surface area (Å²) in [5, 5.41) is 0. The summed E-state index contributed by atoms with van der Waals surface area (Å²) < 4.78 is 0. The van der Waals surface area contributed by atoms with Crippen LogP contribution in [0.5, 0.6) is 0 Å². The molecular weight excluding hydrogens is 802 g/mol. The molecule has 0 bridgehead atoms. The lowest BCUT2D eigenvalue weighted by molar-refractivity contribution is 0.790. The molecule has 0 atom stereocenters. The first-order chi connectivity index (χ1) is 33.3. The van der Waals surface area contributed by atoms with Crippen LogP contribution in [0, 0.1) is 0 Å². The van der Waals surface area contributed by atoms with Gasteiger partial charge in [-0.15, -0.1) is 0 Å². The van der Waals surface area contributed by atoms with Crippen LogP contribution in [0.1, 0.15) is 150 Å². The van der Waals surface area contributed by atoms with Crippen molar-refractivity contribution in [1.82, 2.24) is 0 Å². The van der Waals surface area contributed by atoms with Gasteiger partial charge in [-0.1, -0.05) is 274 Å². The molecule has 8 aromatic rings. The van der Waals surface area contributed by atoms with Crippen molar-refractivity contribution in [1.29, 1.82) is 0 Å². The topological polar surface area (TPSA) is 0 Å². The Kier molecular flexibility index (Phi) is 14.1. The van der Waals surface area contributed by atoms with Gasteiger partial charge in [0, 0.05) is 0 Å². The molecule has 6 aliphatic rings. The molecule has 8 aromatic carbocycles. The summed E-state index contributed by atoms with van der Waals surface area (Å²) in [6, 6.07) is 62.0. The highest BCUT2D eigenvalue weighted by Crippen LogP contribution is 2.63. The second-order valence-electron chi connectivity index (χ2n) is 17.0. The van der Waals surface area contributed by atoms with Gasteiger partial charge < -0.3 is 0 Å². The van der Waals surface area contributed by atoms with Crippen molar-refractivity contribution in [2.75, 3.05) is 0 Å². The molecular formula is C65H70B2. The lowest BCUT2D eigenvalue weighted by Gasteiger charge is -2.36. The number of hydrogen-bond acceptors (Lipinski definition) is 0. The maximum atomic E-state index is 2.67. The molecule has 2 aliphatic carbocycles. The second-order valence-corrected chi connectivity index (χ2v) is 17.0. The van der Waals surface area contributed by atoms with Crippen molar-refractivity contribution in [2.24, 2.45) is 0 Å². The molecule has 0 nitrogen and oxygen atoms in total. The summed E-state index contributed by atoms with van der Waals surface area (Å²) in [6.45, 7) is 24.5. The predicted molar refractivity (Wildman–Crippen MR) is 297 cm³/mol. The van der Waals surface area contributed by atoms with Crippen LogP contribution in [0.25, 0.3) is 22.3 Å². The van der Waals surface area contributed by atoms with Crippen LogP contribution in [-0.4, -0.2) is 13.4 Å². The molecule has 4 heterocycles. The van der Waals surface area contributed by atoms with Crippen LogP contribution in [-0.2, 0) is 31.1 Å². The third-order valence-electron chi connectivity index (χ3n) is 14.6. The van der Waals surface area contributed by atoms with E-state index in [1.807, 2.05) is 83.1 Å². The number of benzene rings is 8. The number of hydrogen-bond donors (Lipinski definition) is 0. The largest absolute Gasteiger partial charge is 0.242 e. The van der Waals surface area contributed by atoms with E-state index in [1.165, 1.54) is 111 Å². The third kappa shape index (κ3) is 6.95. The average molecular weight is 873 g/mol. The van der Waals surface area contributed by atoms with Gasteiger partial charge >= 0.3 is 0 Å². The fraction of sp³-hybridized carbons (Fsp3) is 0.262. The van der Waals surface area contributed by atoms with Crippen molar-refractivity contribution in [3.63, 3.8) is 0 Å².